The highest BCUT2D eigenvalue weighted by Crippen LogP contribution is 2.32. The van der Waals surface area contributed by atoms with E-state index in [1.807, 2.05) is 6.07 Å². The van der Waals surface area contributed by atoms with E-state index in [9.17, 15) is 4.79 Å². The summed E-state index contributed by atoms with van der Waals surface area (Å²) in [7, 11) is 0. The van der Waals surface area contributed by atoms with Crippen LogP contribution in [-0.4, -0.2) is 18.9 Å². The van der Waals surface area contributed by atoms with Crippen LogP contribution < -0.4 is 14.9 Å². The molecule has 1 aliphatic rings. The number of hydrogen-bond donors (Lipinski definition) is 1. The van der Waals surface area contributed by atoms with Gasteiger partial charge in [-0.2, -0.15) is 5.10 Å². The molecule has 0 unspecified atom stereocenters. The number of ether oxygens (including phenoxy) is 2. The molecule has 0 radical (unpaired) electrons. The van der Waals surface area contributed by atoms with Gasteiger partial charge >= 0.3 is 0 Å². The molecule has 0 aliphatic carbocycles. The van der Waals surface area contributed by atoms with Crippen LogP contribution in [0.4, 0.5) is 0 Å². The summed E-state index contributed by atoms with van der Waals surface area (Å²) >= 11 is 2.05. The first-order valence-electron chi connectivity index (χ1n) is 5.71. The third kappa shape index (κ3) is 2.77. The number of hydrazone groups is 1. The van der Waals surface area contributed by atoms with Crippen LogP contribution in [0.15, 0.2) is 39.9 Å². The molecule has 1 N–H and O–H groups in total. The molecular formula is C13H9IN2O4. The molecule has 2 heterocycles. The zero-order valence-corrected chi connectivity index (χ0v) is 12.3. The third-order valence-corrected chi connectivity index (χ3v) is 3.17. The van der Waals surface area contributed by atoms with Crippen LogP contribution in [0, 0.1) is 3.77 Å². The molecule has 0 spiro atoms. The number of nitrogens with one attached hydrogen (secondary N) is 1. The number of halogens is 1. The number of carbonyl (C=O) groups excluding carboxylic acids is 1. The molecule has 20 heavy (non-hydrogen) atoms. The average Bonchev–Trinajstić information content (AvgIpc) is 3.06. The fourth-order valence-electron chi connectivity index (χ4n) is 1.65. The van der Waals surface area contributed by atoms with Crippen molar-refractivity contribution in [3.05, 3.63) is 45.4 Å². The summed E-state index contributed by atoms with van der Waals surface area (Å²) in [6.45, 7) is 0.176. The van der Waals surface area contributed by atoms with Crippen molar-refractivity contribution in [2.24, 2.45) is 5.10 Å². The molecule has 1 aliphatic heterocycles. The molecule has 6 nitrogen and oxygen atoms in total. The van der Waals surface area contributed by atoms with E-state index in [0.29, 0.717) is 22.8 Å². The highest BCUT2D eigenvalue weighted by molar-refractivity contribution is 14.1. The highest BCUT2D eigenvalue weighted by Gasteiger charge is 2.15. The maximum Gasteiger partial charge on any atom is 0.271 e. The fourth-order valence-corrected chi connectivity index (χ4v) is 2.09. The zero-order chi connectivity index (χ0) is 13.9. The lowest BCUT2D eigenvalue weighted by Gasteiger charge is -2.01. The van der Waals surface area contributed by atoms with Crippen molar-refractivity contribution in [2.45, 2.75) is 0 Å². The van der Waals surface area contributed by atoms with Gasteiger partial charge in [0.15, 0.2) is 15.3 Å². The first-order valence-corrected chi connectivity index (χ1v) is 6.78. The number of hydrogen-bond acceptors (Lipinski definition) is 5. The van der Waals surface area contributed by atoms with Crippen LogP contribution in [0.3, 0.4) is 0 Å². The number of carbonyl (C=O) groups is 1. The van der Waals surface area contributed by atoms with Crippen molar-refractivity contribution in [2.75, 3.05) is 6.79 Å². The van der Waals surface area contributed by atoms with Crippen molar-refractivity contribution >= 4 is 34.7 Å². The quantitative estimate of drug-likeness (QED) is 0.501. The summed E-state index contributed by atoms with van der Waals surface area (Å²) in [6.07, 6.45) is 1.44. The van der Waals surface area contributed by atoms with Crippen LogP contribution in [0.1, 0.15) is 16.1 Å². The Morgan fingerprint density at radius 2 is 2.10 bits per heavy atom. The molecule has 0 fully saturated rings. The third-order valence-electron chi connectivity index (χ3n) is 2.59. The zero-order valence-electron chi connectivity index (χ0n) is 10.1. The Morgan fingerprint density at radius 3 is 2.90 bits per heavy atom. The van der Waals surface area contributed by atoms with Crippen molar-refractivity contribution in [3.63, 3.8) is 0 Å². The molecule has 1 aromatic carbocycles. The van der Waals surface area contributed by atoms with Gasteiger partial charge < -0.3 is 13.9 Å². The molecule has 2 aromatic rings. The van der Waals surface area contributed by atoms with Crippen molar-refractivity contribution in [1.82, 2.24) is 5.43 Å². The van der Waals surface area contributed by atoms with Crippen LogP contribution >= 0.6 is 22.6 Å². The molecule has 1 aromatic heterocycles. The van der Waals surface area contributed by atoms with E-state index in [4.69, 9.17) is 13.9 Å². The van der Waals surface area contributed by atoms with Gasteiger partial charge in [0.2, 0.25) is 6.79 Å². The Labute approximate surface area is 127 Å². The molecule has 1 amide bonds. The standard InChI is InChI=1S/C13H9IN2O4/c14-12-4-2-9(20-12)6-15-16-13(17)8-1-3-10-11(5-8)19-7-18-10/h1-6H,7H2,(H,16,17). The van der Waals surface area contributed by atoms with Crippen LogP contribution in [0.25, 0.3) is 0 Å². The first kappa shape index (κ1) is 13.0. The summed E-state index contributed by atoms with van der Waals surface area (Å²) < 4.78 is 16.4. The van der Waals surface area contributed by atoms with Crippen molar-refractivity contribution in [3.8, 4) is 11.5 Å². The number of benzene rings is 1. The average molecular weight is 384 g/mol. The van der Waals surface area contributed by atoms with Gasteiger partial charge in [-0.25, -0.2) is 5.43 Å². The van der Waals surface area contributed by atoms with Gasteiger partial charge in [-0.15, -0.1) is 0 Å². The van der Waals surface area contributed by atoms with E-state index in [1.54, 1.807) is 24.3 Å². The molecule has 102 valence electrons. The topological polar surface area (TPSA) is 73.1 Å². The fraction of sp³-hybridized carbons (Fsp3) is 0.0769. The molecule has 3 rings (SSSR count). The van der Waals surface area contributed by atoms with E-state index in [2.05, 4.69) is 33.1 Å². The van der Waals surface area contributed by atoms with Gasteiger partial charge in [0.1, 0.15) is 5.76 Å². The lowest BCUT2D eigenvalue weighted by Crippen LogP contribution is -2.17. The number of amides is 1. The summed E-state index contributed by atoms with van der Waals surface area (Å²) in [5, 5.41) is 3.83. The lowest BCUT2D eigenvalue weighted by molar-refractivity contribution is 0.0954. The minimum atomic E-state index is -0.333. The summed E-state index contributed by atoms with van der Waals surface area (Å²) in [5.41, 5.74) is 2.86. The maximum absolute atomic E-state index is 11.9. The van der Waals surface area contributed by atoms with E-state index in [0.717, 1.165) is 3.77 Å². The van der Waals surface area contributed by atoms with Crippen LogP contribution in [-0.2, 0) is 0 Å². The predicted molar refractivity (Wildman–Crippen MR) is 79.1 cm³/mol. The van der Waals surface area contributed by atoms with Gasteiger partial charge in [-0.05, 0) is 52.9 Å². The van der Waals surface area contributed by atoms with E-state index in [1.165, 1.54) is 6.21 Å². The molecule has 0 atom stereocenters. The second-order valence-electron chi connectivity index (χ2n) is 3.91. The van der Waals surface area contributed by atoms with Gasteiger partial charge in [-0.3, -0.25) is 4.79 Å². The van der Waals surface area contributed by atoms with E-state index < -0.39 is 0 Å². The van der Waals surface area contributed by atoms with E-state index in [-0.39, 0.29) is 12.7 Å². The minimum absolute atomic E-state index is 0.176. The maximum atomic E-state index is 11.9. The Balaban J connectivity index is 1.66. The lowest BCUT2D eigenvalue weighted by atomic mass is 10.2. The van der Waals surface area contributed by atoms with Gasteiger partial charge in [-0.1, -0.05) is 0 Å². The Morgan fingerprint density at radius 1 is 1.25 bits per heavy atom. The second-order valence-corrected chi connectivity index (χ2v) is 4.97. The number of rotatable bonds is 3. The number of furan rings is 1. The van der Waals surface area contributed by atoms with Crippen LogP contribution in [0.2, 0.25) is 0 Å². The Kier molecular flexibility index (Phi) is 3.59. The smallest absolute Gasteiger partial charge is 0.271 e. The summed E-state index contributed by atoms with van der Waals surface area (Å²) in [6, 6.07) is 8.52. The molecule has 0 saturated carbocycles. The molecule has 0 saturated heterocycles. The SMILES string of the molecule is O=C(NN=Cc1ccc(I)o1)c1ccc2c(c1)OCO2. The highest BCUT2D eigenvalue weighted by atomic mass is 127. The number of nitrogens with zero attached hydrogens (tertiary/aromatic N) is 1. The molecule has 0 bridgehead atoms. The van der Waals surface area contributed by atoms with Crippen molar-refractivity contribution in [1.29, 1.82) is 0 Å². The first-order chi connectivity index (χ1) is 9.72. The summed E-state index contributed by atoms with van der Waals surface area (Å²) in [5.74, 6) is 1.43. The number of fused-ring (bicyclic) bond motifs is 1. The predicted octanol–water partition coefficient (Wildman–Crippen LogP) is 2.38. The minimum Gasteiger partial charge on any atom is -0.454 e. The van der Waals surface area contributed by atoms with Gasteiger partial charge in [0, 0.05) is 5.56 Å². The monoisotopic (exact) mass is 384 g/mol. The van der Waals surface area contributed by atoms with Crippen molar-refractivity contribution < 1.29 is 18.7 Å². The Bertz CT molecular complexity index is 681. The van der Waals surface area contributed by atoms with Crippen LogP contribution in [0.5, 0.6) is 11.5 Å². The summed E-state index contributed by atoms with van der Waals surface area (Å²) in [4.78, 5) is 11.9. The second kappa shape index (κ2) is 5.53. The molecule has 7 heteroatoms. The van der Waals surface area contributed by atoms with E-state index >= 15 is 0 Å². The van der Waals surface area contributed by atoms with Gasteiger partial charge in [0.25, 0.3) is 5.91 Å². The Hall–Kier alpha value is -2.03. The molecular weight excluding hydrogens is 375 g/mol. The normalized spacial score (nSPS) is 12.8. The largest absolute Gasteiger partial charge is 0.454 e. The van der Waals surface area contributed by atoms with Gasteiger partial charge in [0.05, 0.1) is 6.21 Å².